The first kappa shape index (κ1) is 11.8. The normalized spacial score (nSPS) is 31.6. The molecule has 18 heavy (non-hydrogen) atoms. The summed E-state index contributed by atoms with van der Waals surface area (Å²) in [4.78, 5) is 12.1. The lowest BCUT2D eigenvalue weighted by Gasteiger charge is -2.28. The fraction of sp³-hybridized carbons (Fsp3) is 0.714. The number of amides is 1. The van der Waals surface area contributed by atoms with Gasteiger partial charge in [0, 0.05) is 11.7 Å². The fourth-order valence-electron chi connectivity index (χ4n) is 3.88. The van der Waals surface area contributed by atoms with Crippen molar-refractivity contribution in [2.75, 3.05) is 0 Å². The predicted molar refractivity (Wildman–Crippen MR) is 69.2 cm³/mol. The van der Waals surface area contributed by atoms with E-state index in [1.165, 1.54) is 25.7 Å². The van der Waals surface area contributed by atoms with E-state index in [1.54, 1.807) is 6.20 Å². The molecule has 2 fully saturated rings. The van der Waals surface area contributed by atoms with E-state index in [-0.39, 0.29) is 11.9 Å². The van der Waals surface area contributed by atoms with Crippen LogP contribution in [-0.4, -0.2) is 22.1 Å². The van der Waals surface area contributed by atoms with Crippen molar-refractivity contribution in [3.63, 3.8) is 0 Å². The van der Waals surface area contributed by atoms with Crippen LogP contribution in [0.15, 0.2) is 6.20 Å². The predicted octanol–water partition coefficient (Wildman–Crippen LogP) is 2.27. The third-order valence-electron chi connectivity index (χ3n) is 4.87. The Morgan fingerprint density at radius 1 is 1.50 bits per heavy atom. The third kappa shape index (κ3) is 1.93. The molecule has 2 saturated carbocycles. The summed E-state index contributed by atoms with van der Waals surface area (Å²) in [5.41, 5.74) is 1.51. The topological polar surface area (TPSA) is 57.8 Å². The Morgan fingerprint density at radius 3 is 2.89 bits per heavy atom. The Hall–Kier alpha value is -1.32. The molecule has 4 atom stereocenters. The standard InChI is InChI=1S/C14H21N3O/c1-8(12-6-10-3-4-11(12)5-10)16-14(18)13-7-15-17-9(13)2/h7-8,10-12H,3-6H2,1-2H3,(H,15,17)(H,16,18). The minimum absolute atomic E-state index is 0.0107. The molecular formula is C14H21N3O. The quantitative estimate of drug-likeness (QED) is 0.861. The van der Waals surface area contributed by atoms with E-state index in [0.717, 1.165) is 17.5 Å². The van der Waals surface area contributed by atoms with Crippen LogP contribution in [0.4, 0.5) is 0 Å². The van der Waals surface area contributed by atoms with Crippen LogP contribution in [0.1, 0.15) is 48.7 Å². The van der Waals surface area contributed by atoms with Crippen LogP contribution >= 0.6 is 0 Å². The van der Waals surface area contributed by atoms with Gasteiger partial charge in [-0.25, -0.2) is 0 Å². The van der Waals surface area contributed by atoms with Crippen molar-refractivity contribution in [3.8, 4) is 0 Å². The Bertz CT molecular complexity index is 454. The number of H-pyrrole nitrogens is 1. The van der Waals surface area contributed by atoms with Gasteiger partial charge in [0.1, 0.15) is 0 Å². The lowest BCUT2D eigenvalue weighted by molar-refractivity contribution is 0.0915. The molecule has 3 rings (SSSR count). The van der Waals surface area contributed by atoms with Gasteiger partial charge in [0.05, 0.1) is 11.8 Å². The molecule has 0 saturated heterocycles. The van der Waals surface area contributed by atoms with Crippen molar-refractivity contribution >= 4 is 5.91 Å². The lowest BCUT2D eigenvalue weighted by atomic mass is 9.84. The molecular weight excluding hydrogens is 226 g/mol. The number of carbonyl (C=O) groups is 1. The molecule has 1 amide bonds. The Kier molecular flexibility index (Phi) is 2.88. The summed E-state index contributed by atoms with van der Waals surface area (Å²) in [6, 6.07) is 0.280. The highest BCUT2D eigenvalue weighted by Gasteiger charge is 2.42. The summed E-state index contributed by atoms with van der Waals surface area (Å²) in [5.74, 6) is 2.46. The van der Waals surface area contributed by atoms with E-state index in [1.807, 2.05) is 6.92 Å². The number of aromatic amines is 1. The Balaban J connectivity index is 1.63. The van der Waals surface area contributed by atoms with Gasteiger partial charge < -0.3 is 5.32 Å². The zero-order chi connectivity index (χ0) is 12.7. The lowest BCUT2D eigenvalue weighted by Crippen LogP contribution is -2.40. The van der Waals surface area contributed by atoms with Crippen molar-refractivity contribution in [3.05, 3.63) is 17.5 Å². The van der Waals surface area contributed by atoms with Gasteiger partial charge in [0.15, 0.2) is 0 Å². The van der Waals surface area contributed by atoms with Gasteiger partial charge in [-0.15, -0.1) is 0 Å². The summed E-state index contributed by atoms with van der Waals surface area (Å²) in [6.07, 6.45) is 7.06. The molecule has 1 heterocycles. The second kappa shape index (κ2) is 4.41. The van der Waals surface area contributed by atoms with Gasteiger partial charge in [-0.2, -0.15) is 5.10 Å². The van der Waals surface area contributed by atoms with Gasteiger partial charge in [-0.1, -0.05) is 6.42 Å². The first-order chi connectivity index (χ1) is 8.65. The SMILES string of the molecule is Cc1[nH]ncc1C(=O)NC(C)C1CC2CCC1C2. The molecule has 1 aromatic rings. The van der Waals surface area contributed by atoms with Gasteiger partial charge in [-0.3, -0.25) is 9.89 Å². The molecule has 2 aliphatic rings. The van der Waals surface area contributed by atoms with E-state index in [9.17, 15) is 4.79 Å². The molecule has 4 heteroatoms. The number of nitrogens with one attached hydrogen (secondary N) is 2. The highest BCUT2D eigenvalue weighted by atomic mass is 16.1. The molecule has 2 bridgehead atoms. The number of hydrogen-bond donors (Lipinski definition) is 2. The van der Waals surface area contributed by atoms with Crippen LogP contribution in [0.2, 0.25) is 0 Å². The maximum Gasteiger partial charge on any atom is 0.254 e. The molecule has 0 radical (unpaired) electrons. The average Bonchev–Trinajstić information content (AvgIpc) is 3.03. The second-order valence-corrected chi connectivity index (χ2v) is 6.01. The van der Waals surface area contributed by atoms with Crippen molar-refractivity contribution in [1.29, 1.82) is 0 Å². The molecule has 4 nitrogen and oxygen atoms in total. The highest BCUT2D eigenvalue weighted by molar-refractivity contribution is 5.95. The molecule has 1 aromatic heterocycles. The largest absolute Gasteiger partial charge is 0.349 e. The number of carbonyl (C=O) groups excluding carboxylic acids is 1. The number of fused-ring (bicyclic) bond motifs is 2. The molecule has 98 valence electrons. The fourth-order valence-corrected chi connectivity index (χ4v) is 3.88. The van der Waals surface area contributed by atoms with Crippen LogP contribution in [0.25, 0.3) is 0 Å². The van der Waals surface area contributed by atoms with Crippen LogP contribution in [0.5, 0.6) is 0 Å². The Labute approximate surface area is 108 Å². The molecule has 2 aliphatic carbocycles. The van der Waals surface area contributed by atoms with Gasteiger partial charge >= 0.3 is 0 Å². The number of hydrogen-bond acceptors (Lipinski definition) is 2. The van der Waals surface area contributed by atoms with Crippen molar-refractivity contribution in [1.82, 2.24) is 15.5 Å². The third-order valence-corrected chi connectivity index (χ3v) is 4.87. The number of rotatable bonds is 3. The van der Waals surface area contributed by atoms with Gasteiger partial charge in [0.2, 0.25) is 0 Å². The Morgan fingerprint density at radius 2 is 2.33 bits per heavy atom. The average molecular weight is 247 g/mol. The van der Waals surface area contributed by atoms with Gasteiger partial charge in [0.25, 0.3) is 5.91 Å². The summed E-state index contributed by atoms with van der Waals surface area (Å²) in [6.45, 7) is 4.03. The van der Waals surface area contributed by atoms with Crippen molar-refractivity contribution < 1.29 is 4.79 Å². The molecule has 0 aliphatic heterocycles. The minimum atomic E-state index is 0.0107. The van der Waals surface area contributed by atoms with E-state index >= 15 is 0 Å². The molecule has 0 spiro atoms. The molecule has 2 N–H and O–H groups in total. The minimum Gasteiger partial charge on any atom is -0.349 e. The van der Waals surface area contributed by atoms with E-state index in [0.29, 0.717) is 11.5 Å². The van der Waals surface area contributed by atoms with E-state index in [2.05, 4.69) is 22.4 Å². The number of aryl methyl sites for hydroxylation is 1. The van der Waals surface area contributed by atoms with Gasteiger partial charge in [-0.05, 0) is 50.9 Å². The smallest absolute Gasteiger partial charge is 0.254 e. The van der Waals surface area contributed by atoms with Crippen LogP contribution in [0, 0.1) is 24.7 Å². The summed E-state index contributed by atoms with van der Waals surface area (Å²) >= 11 is 0. The van der Waals surface area contributed by atoms with Crippen LogP contribution < -0.4 is 5.32 Å². The zero-order valence-electron chi connectivity index (χ0n) is 11.1. The first-order valence-corrected chi connectivity index (χ1v) is 6.96. The summed E-state index contributed by atoms with van der Waals surface area (Å²) < 4.78 is 0. The maximum atomic E-state index is 12.1. The monoisotopic (exact) mass is 247 g/mol. The summed E-state index contributed by atoms with van der Waals surface area (Å²) in [5, 5.41) is 9.86. The van der Waals surface area contributed by atoms with E-state index < -0.39 is 0 Å². The molecule has 0 aromatic carbocycles. The summed E-state index contributed by atoms with van der Waals surface area (Å²) in [7, 11) is 0. The number of aromatic nitrogens is 2. The molecule has 4 unspecified atom stereocenters. The van der Waals surface area contributed by atoms with Crippen molar-refractivity contribution in [2.45, 2.75) is 45.6 Å². The van der Waals surface area contributed by atoms with Crippen LogP contribution in [0.3, 0.4) is 0 Å². The van der Waals surface area contributed by atoms with Crippen LogP contribution in [-0.2, 0) is 0 Å². The zero-order valence-corrected chi connectivity index (χ0v) is 11.1. The first-order valence-electron chi connectivity index (χ1n) is 6.96. The number of nitrogens with zero attached hydrogens (tertiary/aromatic N) is 1. The highest BCUT2D eigenvalue weighted by Crippen LogP contribution is 2.49. The van der Waals surface area contributed by atoms with E-state index in [4.69, 9.17) is 0 Å². The maximum absolute atomic E-state index is 12.1. The van der Waals surface area contributed by atoms with Crippen molar-refractivity contribution in [2.24, 2.45) is 17.8 Å². The second-order valence-electron chi connectivity index (χ2n) is 6.01.